The maximum Gasteiger partial charge on any atom is 0.203 e. The molecule has 1 aromatic heterocycles. The summed E-state index contributed by atoms with van der Waals surface area (Å²) in [7, 11) is 1.85. The summed E-state index contributed by atoms with van der Waals surface area (Å²) < 4.78 is 7.39. The van der Waals surface area contributed by atoms with Gasteiger partial charge in [0.25, 0.3) is 0 Å². The number of carbonyl (C=O) groups excluding carboxylic acids is 1. The fourth-order valence-electron chi connectivity index (χ4n) is 2.62. The molecule has 2 aromatic rings. The van der Waals surface area contributed by atoms with Crippen LogP contribution in [0.25, 0.3) is 11.1 Å². The molecule has 0 bridgehead atoms. The van der Waals surface area contributed by atoms with Gasteiger partial charge in [-0.05, 0) is 17.7 Å². The van der Waals surface area contributed by atoms with Gasteiger partial charge in [-0.3, -0.25) is 9.48 Å². The minimum absolute atomic E-state index is 0.0490. The van der Waals surface area contributed by atoms with Crippen molar-refractivity contribution in [1.29, 1.82) is 0 Å². The van der Waals surface area contributed by atoms with Crippen molar-refractivity contribution in [2.75, 3.05) is 0 Å². The Morgan fingerprint density at radius 3 is 2.76 bits per heavy atom. The van der Waals surface area contributed by atoms with Crippen molar-refractivity contribution in [2.24, 2.45) is 13.0 Å². The minimum Gasteiger partial charge on any atom is -0.482 e. The first kappa shape index (κ1) is 13.9. The van der Waals surface area contributed by atoms with Crippen LogP contribution in [0.4, 0.5) is 0 Å². The van der Waals surface area contributed by atoms with Crippen LogP contribution >= 0.6 is 11.6 Å². The van der Waals surface area contributed by atoms with Crippen LogP contribution in [0.3, 0.4) is 0 Å². The third kappa shape index (κ3) is 2.36. The lowest BCUT2D eigenvalue weighted by molar-refractivity contribution is -0.117. The van der Waals surface area contributed by atoms with E-state index in [9.17, 15) is 4.79 Å². The second kappa shape index (κ2) is 5.04. The lowest BCUT2D eigenvalue weighted by Crippen LogP contribution is -2.10. The topological polar surface area (TPSA) is 44.1 Å². The number of nitrogens with zero attached hydrogens (tertiary/aromatic N) is 2. The van der Waals surface area contributed by atoms with Crippen LogP contribution in [0.2, 0.25) is 5.02 Å². The SMILES string of the molecule is C=C1OC(c2ccc(Cl)cc2-c2cnn(C)c2)C(C)C1=O. The first-order valence-electron chi connectivity index (χ1n) is 6.65. The van der Waals surface area contributed by atoms with Crippen LogP contribution < -0.4 is 0 Å². The van der Waals surface area contributed by atoms with Crippen molar-refractivity contribution in [3.63, 3.8) is 0 Å². The summed E-state index contributed by atoms with van der Waals surface area (Å²) in [6.07, 6.45) is 3.34. The molecule has 5 heteroatoms. The number of hydrogen-bond donors (Lipinski definition) is 0. The van der Waals surface area contributed by atoms with Crippen LogP contribution in [0.5, 0.6) is 0 Å². The molecule has 0 aliphatic carbocycles. The van der Waals surface area contributed by atoms with Crippen molar-refractivity contribution < 1.29 is 9.53 Å². The Kier molecular flexibility index (Phi) is 3.33. The smallest absolute Gasteiger partial charge is 0.203 e. The van der Waals surface area contributed by atoms with Crippen molar-refractivity contribution in [1.82, 2.24) is 9.78 Å². The number of rotatable bonds is 2. The van der Waals surface area contributed by atoms with E-state index in [0.29, 0.717) is 5.02 Å². The maximum absolute atomic E-state index is 11.9. The van der Waals surface area contributed by atoms with E-state index in [4.69, 9.17) is 16.3 Å². The van der Waals surface area contributed by atoms with E-state index in [2.05, 4.69) is 11.7 Å². The van der Waals surface area contributed by atoms with E-state index in [1.54, 1.807) is 16.9 Å². The molecule has 1 aromatic carbocycles. The van der Waals surface area contributed by atoms with E-state index in [1.807, 2.05) is 32.3 Å². The summed E-state index contributed by atoms with van der Waals surface area (Å²) >= 11 is 6.12. The molecule has 0 amide bonds. The minimum atomic E-state index is -0.336. The van der Waals surface area contributed by atoms with Crippen LogP contribution in [0, 0.1) is 5.92 Å². The number of halogens is 1. The van der Waals surface area contributed by atoms with Crippen molar-refractivity contribution >= 4 is 17.4 Å². The normalized spacial score (nSPS) is 21.7. The molecule has 2 atom stereocenters. The molecule has 1 saturated heterocycles. The molecule has 0 saturated carbocycles. The van der Waals surface area contributed by atoms with Gasteiger partial charge in [0.15, 0.2) is 5.76 Å². The summed E-state index contributed by atoms with van der Waals surface area (Å²) in [5, 5.41) is 4.82. The molecule has 108 valence electrons. The molecule has 21 heavy (non-hydrogen) atoms. The molecule has 2 unspecified atom stereocenters. The largest absolute Gasteiger partial charge is 0.482 e. The van der Waals surface area contributed by atoms with Crippen LogP contribution in [0.1, 0.15) is 18.6 Å². The predicted octanol–water partition coefficient (Wildman–Crippen LogP) is 3.53. The number of ether oxygens (including phenoxy) is 1. The van der Waals surface area contributed by atoms with E-state index in [1.165, 1.54) is 0 Å². The fourth-order valence-corrected chi connectivity index (χ4v) is 2.80. The van der Waals surface area contributed by atoms with Gasteiger partial charge >= 0.3 is 0 Å². The molecule has 2 heterocycles. The van der Waals surface area contributed by atoms with Gasteiger partial charge in [-0.2, -0.15) is 5.10 Å². The molecule has 1 aliphatic heterocycles. The average molecular weight is 303 g/mol. The lowest BCUT2D eigenvalue weighted by Gasteiger charge is -2.17. The quantitative estimate of drug-likeness (QED) is 0.797. The van der Waals surface area contributed by atoms with Crippen molar-refractivity contribution in [3.8, 4) is 11.1 Å². The monoisotopic (exact) mass is 302 g/mol. The molecule has 1 fully saturated rings. The summed E-state index contributed by atoms with van der Waals surface area (Å²) in [6.45, 7) is 5.53. The molecular weight excluding hydrogens is 288 g/mol. The number of carbonyl (C=O) groups is 1. The van der Waals surface area contributed by atoms with Crippen LogP contribution in [-0.4, -0.2) is 15.6 Å². The Balaban J connectivity index is 2.11. The highest BCUT2D eigenvalue weighted by Gasteiger charge is 2.38. The third-order valence-electron chi connectivity index (χ3n) is 3.75. The van der Waals surface area contributed by atoms with E-state index >= 15 is 0 Å². The Bertz CT molecular complexity index is 736. The Morgan fingerprint density at radius 1 is 1.43 bits per heavy atom. The highest BCUT2D eigenvalue weighted by Crippen LogP contribution is 2.41. The molecule has 0 spiro atoms. The summed E-state index contributed by atoms with van der Waals surface area (Å²) in [5.41, 5.74) is 2.79. The van der Waals surface area contributed by atoms with E-state index in [-0.39, 0.29) is 23.6 Å². The van der Waals surface area contributed by atoms with Crippen molar-refractivity contribution in [3.05, 3.63) is 53.5 Å². The first-order valence-corrected chi connectivity index (χ1v) is 7.03. The molecule has 1 aliphatic rings. The van der Waals surface area contributed by atoms with E-state index < -0.39 is 0 Å². The zero-order chi connectivity index (χ0) is 15.1. The van der Waals surface area contributed by atoms with Gasteiger partial charge < -0.3 is 4.74 Å². The molecular formula is C16H15ClN2O2. The highest BCUT2D eigenvalue weighted by atomic mass is 35.5. The first-order chi connectivity index (χ1) is 9.97. The molecule has 0 radical (unpaired) electrons. The lowest BCUT2D eigenvalue weighted by atomic mass is 9.91. The number of aryl methyl sites for hydroxylation is 1. The molecule has 3 rings (SSSR count). The van der Waals surface area contributed by atoms with Gasteiger partial charge in [-0.15, -0.1) is 0 Å². The Hall–Kier alpha value is -2.07. The average Bonchev–Trinajstić information content (AvgIpc) is 2.98. The number of benzene rings is 1. The Morgan fingerprint density at radius 2 is 2.19 bits per heavy atom. The number of Topliss-reactive ketones (excluding diaryl/α,β-unsaturated/α-hetero) is 1. The summed E-state index contributed by atoms with van der Waals surface area (Å²) in [6, 6.07) is 5.58. The van der Waals surface area contributed by atoms with Crippen LogP contribution in [0.15, 0.2) is 42.9 Å². The zero-order valence-electron chi connectivity index (χ0n) is 11.8. The number of ketones is 1. The summed E-state index contributed by atoms with van der Waals surface area (Å²) in [4.78, 5) is 11.9. The van der Waals surface area contributed by atoms with Gasteiger partial charge in [0.05, 0.1) is 12.1 Å². The zero-order valence-corrected chi connectivity index (χ0v) is 12.6. The van der Waals surface area contributed by atoms with Gasteiger partial charge in [0.2, 0.25) is 5.78 Å². The van der Waals surface area contributed by atoms with Crippen molar-refractivity contribution in [2.45, 2.75) is 13.0 Å². The highest BCUT2D eigenvalue weighted by molar-refractivity contribution is 6.30. The second-order valence-corrected chi connectivity index (χ2v) is 5.69. The molecule has 0 N–H and O–H groups in total. The van der Waals surface area contributed by atoms with Gasteiger partial charge in [0, 0.05) is 29.4 Å². The van der Waals surface area contributed by atoms with Crippen LogP contribution in [-0.2, 0) is 16.6 Å². The Labute approximate surface area is 128 Å². The molecule has 4 nitrogen and oxygen atoms in total. The summed E-state index contributed by atoms with van der Waals surface area (Å²) in [5.74, 6) is -0.0826. The predicted molar refractivity (Wildman–Crippen MR) is 80.8 cm³/mol. The number of allylic oxidation sites excluding steroid dienone is 1. The maximum atomic E-state index is 11.9. The standard InChI is InChI=1S/C16H15ClN2O2/c1-9-15(20)10(2)21-16(9)13-5-4-12(17)6-14(13)11-7-18-19(3)8-11/h4-9,16H,2H2,1,3H3. The fraction of sp³-hybridized carbons (Fsp3) is 0.250. The number of hydrogen-bond acceptors (Lipinski definition) is 3. The van der Waals surface area contributed by atoms with Gasteiger partial charge in [-0.25, -0.2) is 0 Å². The third-order valence-corrected chi connectivity index (χ3v) is 3.98. The van der Waals surface area contributed by atoms with E-state index in [0.717, 1.165) is 16.7 Å². The van der Waals surface area contributed by atoms with Gasteiger partial charge in [0.1, 0.15) is 6.10 Å². The number of aromatic nitrogens is 2. The van der Waals surface area contributed by atoms with Gasteiger partial charge in [-0.1, -0.05) is 31.2 Å². The second-order valence-electron chi connectivity index (χ2n) is 5.25.